The van der Waals surface area contributed by atoms with Crippen molar-refractivity contribution < 1.29 is 9.59 Å². The lowest BCUT2D eigenvalue weighted by Crippen LogP contribution is -2.25. The molecule has 3 rings (SSSR count). The molecule has 150 valence electrons. The number of carbonyl (C=O) groups excluding carboxylic acids is 2. The second kappa shape index (κ2) is 9.99. The summed E-state index contributed by atoms with van der Waals surface area (Å²) in [6.07, 6.45) is 2.96. The fourth-order valence-electron chi connectivity index (χ4n) is 2.57. The average molecular weight is 431 g/mol. The van der Waals surface area contributed by atoms with E-state index in [1.165, 1.54) is 23.6 Å². The molecule has 29 heavy (non-hydrogen) atoms. The van der Waals surface area contributed by atoms with Gasteiger partial charge in [0.2, 0.25) is 5.91 Å². The number of pyridine rings is 1. The molecule has 9 heteroatoms. The van der Waals surface area contributed by atoms with E-state index in [0.717, 1.165) is 12.0 Å². The van der Waals surface area contributed by atoms with Crippen molar-refractivity contribution in [3.05, 3.63) is 80.2 Å². The molecule has 1 aromatic carbocycles. The van der Waals surface area contributed by atoms with Crippen LogP contribution < -0.4 is 16.2 Å². The van der Waals surface area contributed by atoms with Crippen LogP contribution in [0.4, 0.5) is 5.13 Å². The molecular weight excluding hydrogens is 412 g/mol. The SMILES string of the molecule is O=C(CCc1csc(NC(=O)c2ccc[nH]c2=O)n1)NCCc1ccc(Cl)cc1. The van der Waals surface area contributed by atoms with Crippen molar-refractivity contribution in [3.8, 4) is 0 Å². The molecule has 0 bridgehead atoms. The van der Waals surface area contributed by atoms with E-state index in [9.17, 15) is 14.4 Å². The molecule has 0 radical (unpaired) electrons. The summed E-state index contributed by atoms with van der Waals surface area (Å²) in [5.41, 5.74) is 1.37. The van der Waals surface area contributed by atoms with Crippen LogP contribution in [-0.4, -0.2) is 28.3 Å². The number of rotatable bonds is 8. The minimum absolute atomic E-state index is 0.0179. The number of benzene rings is 1. The van der Waals surface area contributed by atoms with Gasteiger partial charge < -0.3 is 10.3 Å². The van der Waals surface area contributed by atoms with Crippen molar-refractivity contribution in [1.82, 2.24) is 15.3 Å². The van der Waals surface area contributed by atoms with Gasteiger partial charge in [0.15, 0.2) is 5.13 Å². The third-order valence-electron chi connectivity index (χ3n) is 4.09. The third kappa shape index (κ3) is 6.27. The van der Waals surface area contributed by atoms with Crippen LogP contribution >= 0.6 is 22.9 Å². The molecule has 0 saturated heterocycles. The smallest absolute Gasteiger partial charge is 0.263 e. The van der Waals surface area contributed by atoms with Crippen LogP contribution in [0.3, 0.4) is 0 Å². The van der Waals surface area contributed by atoms with Crippen LogP contribution in [0.1, 0.15) is 28.0 Å². The average Bonchev–Trinajstić information content (AvgIpc) is 3.15. The summed E-state index contributed by atoms with van der Waals surface area (Å²) in [7, 11) is 0. The standard InChI is InChI=1S/C20H19ClN4O3S/c21-14-5-3-13(4-6-14)9-11-22-17(26)8-7-15-12-29-20(24-15)25-19(28)16-2-1-10-23-18(16)27/h1-6,10,12H,7-9,11H2,(H,22,26)(H,23,27)(H,24,25,28). The molecule has 2 amide bonds. The number of hydrogen-bond acceptors (Lipinski definition) is 5. The number of aromatic nitrogens is 2. The van der Waals surface area contributed by atoms with Crippen molar-refractivity contribution in [2.24, 2.45) is 0 Å². The van der Waals surface area contributed by atoms with Crippen LogP contribution in [0.2, 0.25) is 5.02 Å². The lowest BCUT2D eigenvalue weighted by atomic mass is 10.1. The molecule has 2 heterocycles. The molecule has 7 nitrogen and oxygen atoms in total. The molecule has 0 aliphatic carbocycles. The maximum Gasteiger partial charge on any atom is 0.263 e. The second-order valence-corrected chi connectivity index (χ2v) is 7.53. The van der Waals surface area contributed by atoms with Gasteiger partial charge >= 0.3 is 0 Å². The zero-order chi connectivity index (χ0) is 20.6. The predicted molar refractivity (Wildman–Crippen MR) is 114 cm³/mol. The molecule has 0 spiro atoms. The molecule has 0 atom stereocenters. The summed E-state index contributed by atoms with van der Waals surface area (Å²) < 4.78 is 0. The highest BCUT2D eigenvalue weighted by Gasteiger charge is 2.12. The number of nitrogens with one attached hydrogen (secondary N) is 3. The Kier molecular flexibility index (Phi) is 7.15. The molecule has 0 aliphatic heterocycles. The van der Waals surface area contributed by atoms with E-state index in [1.54, 1.807) is 11.4 Å². The highest BCUT2D eigenvalue weighted by atomic mass is 35.5. The molecule has 2 aromatic heterocycles. The predicted octanol–water partition coefficient (Wildman–Crippen LogP) is 3.03. The normalized spacial score (nSPS) is 10.5. The van der Waals surface area contributed by atoms with Crippen molar-refractivity contribution in [1.29, 1.82) is 0 Å². The van der Waals surface area contributed by atoms with Gasteiger partial charge in [-0.1, -0.05) is 23.7 Å². The minimum Gasteiger partial charge on any atom is -0.356 e. The Hall–Kier alpha value is -2.97. The number of thiazole rings is 1. The Morgan fingerprint density at radius 3 is 2.69 bits per heavy atom. The highest BCUT2D eigenvalue weighted by Crippen LogP contribution is 2.17. The number of aryl methyl sites for hydroxylation is 1. The highest BCUT2D eigenvalue weighted by molar-refractivity contribution is 7.14. The number of nitrogens with zero attached hydrogens (tertiary/aromatic N) is 1. The molecule has 0 unspecified atom stereocenters. The minimum atomic E-state index is -0.521. The Morgan fingerprint density at radius 1 is 1.14 bits per heavy atom. The third-order valence-corrected chi connectivity index (χ3v) is 5.15. The second-order valence-electron chi connectivity index (χ2n) is 6.24. The van der Waals surface area contributed by atoms with Gasteiger partial charge in [0.05, 0.1) is 5.69 Å². The molecule has 3 N–H and O–H groups in total. The Labute approximate surface area is 176 Å². The van der Waals surface area contributed by atoms with Gasteiger partial charge in [-0.25, -0.2) is 4.98 Å². The van der Waals surface area contributed by atoms with E-state index in [-0.39, 0.29) is 11.5 Å². The number of anilines is 1. The van der Waals surface area contributed by atoms with E-state index in [1.807, 2.05) is 24.3 Å². The first-order valence-corrected chi connectivity index (χ1v) is 10.2. The zero-order valence-electron chi connectivity index (χ0n) is 15.4. The quantitative estimate of drug-likeness (QED) is 0.511. The van der Waals surface area contributed by atoms with Crippen LogP contribution in [-0.2, 0) is 17.6 Å². The topological polar surface area (TPSA) is 104 Å². The van der Waals surface area contributed by atoms with Crippen LogP contribution in [0.15, 0.2) is 52.8 Å². The van der Waals surface area contributed by atoms with Crippen molar-refractivity contribution in [2.45, 2.75) is 19.3 Å². The lowest BCUT2D eigenvalue weighted by molar-refractivity contribution is -0.121. The van der Waals surface area contributed by atoms with Crippen LogP contribution in [0, 0.1) is 0 Å². The fourth-order valence-corrected chi connectivity index (χ4v) is 3.44. The Balaban J connectivity index is 1.42. The summed E-state index contributed by atoms with van der Waals surface area (Å²) in [5.74, 6) is -0.582. The number of aromatic amines is 1. The van der Waals surface area contributed by atoms with Gasteiger partial charge in [-0.2, -0.15) is 0 Å². The van der Waals surface area contributed by atoms with Gasteiger partial charge in [0, 0.05) is 29.6 Å². The molecule has 3 aromatic rings. The van der Waals surface area contributed by atoms with Crippen molar-refractivity contribution in [2.75, 3.05) is 11.9 Å². The summed E-state index contributed by atoms with van der Waals surface area (Å²) in [5, 5.41) is 8.34. The zero-order valence-corrected chi connectivity index (χ0v) is 17.0. The molecule has 0 saturated carbocycles. The summed E-state index contributed by atoms with van der Waals surface area (Å²) in [6.45, 7) is 0.546. The number of amides is 2. The molecular formula is C20H19ClN4O3S. The Bertz CT molecular complexity index is 1050. The van der Waals surface area contributed by atoms with Gasteiger partial charge in [-0.3, -0.25) is 19.7 Å². The largest absolute Gasteiger partial charge is 0.356 e. The summed E-state index contributed by atoms with van der Waals surface area (Å²) in [4.78, 5) is 42.5. The van der Waals surface area contributed by atoms with E-state index in [2.05, 4.69) is 20.6 Å². The first kappa shape index (κ1) is 20.8. The van der Waals surface area contributed by atoms with Gasteiger partial charge in [-0.05, 0) is 42.7 Å². The first-order chi connectivity index (χ1) is 14.0. The van der Waals surface area contributed by atoms with E-state index in [4.69, 9.17) is 11.6 Å². The van der Waals surface area contributed by atoms with Crippen LogP contribution in [0.5, 0.6) is 0 Å². The van der Waals surface area contributed by atoms with Gasteiger partial charge in [0.25, 0.3) is 11.5 Å². The summed E-state index contributed by atoms with van der Waals surface area (Å²) >= 11 is 7.10. The van der Waals surface area contributed by atoms with Crippen molar-refractivity contribution >= 4 is 39.9 Å². The maximum atomic E-state index is 12.1. The lowest BCUT2D eigenvalue weighted by Gasteiger charge is -2.05. The number of carbonyl (C=O) groups is 2. The van der Waals surface area contributed by atoms with Gasteiger partial charge in [0.1, 0.15) is 5.56 Å². The number of halogens is 1. The monoisotopic (exact) mass is 430 g/mol. The Morgan fingerprint density at radius 2 is 1.93 bits per heavy atom. The van der Waals surface area contributed by atoms with E-state index in [0.29, 0.717) is 35.2 Å². The molecule has 0 aliphatic rings. The molecule has 0 fully saturated rings. The maximum absolute atomic E-state index is 12.1. The number of H-pyrrole nitrogens is 1. The van der Waals surface area contributed by atoms with Crippen molar-refractivity contribution in [3.63, 3.8) is 0 Å². The number of hydrogen-bond donors (Lipinski definition) is 3. The first-order valence-electron chi connectivity index (χ1n) is 8.96. The fraction of sp³-hybridized carbons (Fsp3) is 0.200. The van der Waals surface area contributed by atoms with Crippen LogP contribution in [0.25, 0.3) is 0 Å². The summed E-state index contributed by atoms with van der Waals surface area (Å²) in [6, 6.07) is 10.5. The van der Waals surface area contributed by atoms with E-state index < -0.39 is 11.5 Å². The van der Waals surface area contributed by atoms with E-state index >= 15 is 0 Å². The van der Waals surface area contributed by atoms with Gasteiger partial charge in [-0.15, -0.1) is 11.3 Å².